The Hall–Kier alpha value is -3.33. The summed E-state index contributed by atoms with van der Waals surface area (Å²) in [6, 6.07) is 5.61. The van der Waals surface area contributed by atoms with E-state index >= 15 is 4.39 Å². The highest BCUT2D eigenvalue weighted by Crippen LogP contribution is 2.50. The van der Waals surface area contributed by atoms with Gasteiger partial charge in [-0.15, -0.1) is 0 Å². The van der Waals surface area contributed by atoms with Crippen LogP contribution in [-0.4, -0.2) is 30.7 Å². The number of carboxylic acid groups (broad SMARTS) is 1. The number of aryl methyl sites for hydroxylation is 2. The normalized spacial score (nSPS) is 13.0. The summed E-state index contributed by atoms with van der Waals surface area (Å²) in [4.78, 5) is 16.3. The number of benzene rings is 2. The second-order valence-electron chi connectivity index (χ2n) is 8.64. The molecule has 0 fully saturated rings. The van der Waals surface area contributed by atoms with Gasteiger partial charge in [0.25, 0.3) is 0 Å². The van der Waals surface area contributed by atoms with Gasteiger partial charge in [0.2, 0.25) is 10.0 Å². The number of halogens is 2. The second kappa shape index (κ2) is 8.16. The SMILES string of the molecule is Cc1ccc(-c2c(C)c3c(c(C)c2CC(=O)O)N(S(C)(=O)=O)Cc2c(F)ccc(F)c2-3)c(C)n1. The van der Waals surface area contributed by atoms with Crippen molar-refractivity contribution < 1.29 is 27.1 Å². The van der Waals surface area contributed by atoms with Crippen LogP contribution in [0, 0.1) is 39.3 Å². The van der Waals surface area contributed by atoms with E-state index in [1.165, 1.54) is 0 Å². The monoisotopic (exact) mass is 486 g/mol. The Kier molecular flexibility index (Phi) is 5.72. The number of rotatable bonds is 4. The number of hydrogen-bond donors (Lipinski definition) is 1. The third kappa shape index (κ3) is 3.73. The molecule has 0 unspecified atom stereocenters. The van der Waals surface area contributed by atoms with Gasteiger partial charge in [0.1, 0.15) is 11.6 Å². The fraction of sp³-hybridized carbons (Fsp3) is 0.280. The summed E-state index contributed by atoms with van der Waals surface area (Å²) in [7, 11) is -3.90. The first kappa shape index (κ1) is 23.8. The van der Waals surface area contributed by atoms with Crippen molar-refractivity contribution in [3.63, 3.8) is 0 Å². The molecule has 0 saturated carbocycles. The zero-order chi connectivity index (χ0) is 25.1. The number of nitrogens with zero attached hydrogens (tertiary/aromatic N) is 2. The van der Waals surface area contributed by atoms with E-state index < -0.39 is 27.6 Å². The number of aliphatic carboxylic acids is 1. The lowest BCUT2D eigenvalue weighted by Gasteiger charge is -2.36. The van der Waals surface area contributed by atoms with E-state index in [-0.39, 0.29) is 35.3 Å². The predicted octanol–water partition coefficient (Wildman–Crippen LogP) is 4.83. The molecular formula is C25H24F2N2O4S. The molecule has 1 aliphatic heterocycles. The van der Waals surface area contributed by atoms with Crippen LogP contribution in [0.5, 0.6) is 0 Å². The molecule has 6 nitrogen and oxygen atoms in total. The van der Waals surface area contributed by atoms with Crippen LogP contribution in [-0.2, 0) is 27.8 Å². The molecule has 0 amide bonds. The van der Waals surface area contributed by atoms with Gasteiger partial charge in [0, 0.05) is 33.6 Å². The lowest BCUT2D eigenvalue weighted by molar-refractivity contribution is -0.136. The minimum atomic E-state index is -3.90. The first-order valence-corrected chi connectivity index (χ1v) is 12.4. The number of pyridine rings is 1. The van der Waals surface area contributed by atoms with Crippen molar-refractivity contribution in [2.45, 2.75) is 40.7 Å². The molecule has 34 heavy (non-hydrogen) atoms. The first-order valence-electron chi connectivity index (χ1n) is 10.6. The van der Waals surface area contributed by atoms with E-state index in [9.17, 15) is 22.7 Å². The van der Waals surface area contributed by atoms with Gasteiger partial charge in [0.15, 0.2) is 0 Å². The Morgan fingerprint density at radius 2 is 1.65 bits per heavy atom. The maximum Gasteiger partial charge on any atom is 0.307 e. The molecule has 2 heterocycles. The number of anilines is 1. The van der Waals surface area contributed by atoms with Crippen molar-refractivity contribution in [3.8, 4) is 22.3 Å². The van der Waals surface area contributed by atoms with E-state index in [2.05, 4.69) is 4.98 Å². The second-order valence-corrected chi connectivity index (χ2v) is 10.5. The molecule has 1 N–H and O–H groups in total. The Morgan fingerprint density at radius 1 is 1.00 bits per heavy atom. The lowest BCUT2D eigenvalue weighted by atomic mass is 9.80. The quantitative estimate of drug-likeness (QED) is 0.571. The van der Waals surface area contributed by atoms with E-state index in [0.717, 1.165) is 28.4 Å². The van der Waals surface area contributed by atoms with E-state index in [0.29, 0.717) is 33.5 Å². The highest BCUT2D eigenvalue weighted by molar-refractivity contribution is 7.92. The van der Waals surface area contributed by atoms with Crippen LogP contribution < -0.4 is 4.31 Å². The van der Waals surface area contributed by atoms with Gasteiger partial charge in [-0.1, -0.05) is 6.07 Å². The molecule has 3 aromatic rings. The molecule has 0 spiro atoms. The smallest absolute Gasteiger partial charge is 0.307 e. The van der Waals surface area contributed by atoms with Crippen LogP contribution in [0.2, 0.25) is 0 Å². The van der Waals surface area contributed by atoms with E-state index in [1.54, 1.807) is 26.8 Å². The zero-order valence-electron chi connectivity index (χ0n) is 19.5. The molecule has 0 radical (unpaired) electrons. The Bertz CT molecular complexity index is 1480. The van der Waals surface area contributed by atoms with Crippen molar-refractivity contribution in [2.24, 2.45) is 0 Å². The summed E-state index contributed by atoms with van der Waals surface area (Å²) in [6.07, 6.45) is 0.616. The highest BCUT2D eigenvalue weighted by atomic mass is 32.2. The fourth-order valence-corrected chi connectivity index (χ4v) is 5.80. The number of carbonyl (C=O) groups is 1. The van der Waals surface area contributed by atoms with Crippen LogP contribution in [0.4, 0.5) is 14.5 Å². The summed E-state index contributed by atoms with van der Waals surface area (Å²) < 4.78 is 56.6. The molecule has 4 rings (SSSR count). The molecule has 0 aliphatic carbocycles. The molecule has 178 valence electrons. The number of fused-ring (bicyclic) bond motifs is 3. The van der Waals surface area contributed by atoms with Crippen LogP contribution >= 0.6 is 0 Å². The van der Waals surface area contributed by atoms with Gasteiger partial charge in [-0.3, -0.25) is 14.1 Å². The fourth-order valence-electron chi connectivity index (χ4n) is 4.88. The van der Waals surface area contributed by atoms with Gasteiger partial charge >= 0.3 is 5.97 Å². The lowest BCUT2D eigenvalue weighted by Crippen LogP contribution is -2.34. The first-order chi connectivity index (χ1) is 15.8. The van der Waals surface area contributed by atoms with E-state index in [4.69, 9.17) is 0 Å². The molecule has 1 aliphatic rings. The van der Waals surface area contributed by atoms with Crippen LogP contribution in [0.1, 0.15) is 33.6 Å². The minimum Gasteiger partial charge on any atom is -0.481 e. The average Bonchev–Trinajstić information content (AvgIpc) is 2.73. The topological polar surface area (TPSA) is 87.6 Å². The standard InChI is InChI=1S/C25H24F2N2O4S/c1-12-6-7-16(15(4)28-12)22-14(3)23-24-18(19(26)8-9-20(24)27)11-29(34(5,32)33)25(23)13(2)17(22)10-21(30)31/h6-9H,10-11H2,1-5H3,(H,30,31). The molecule has 0 bridgehead atoms. The summed E-state index contributed by atoms with van der Waals surface area (Å²) in [5, 5.41) is 9.68. The van der Waals surface area contributed by atoms with Gasteiger partial charge in [-0.2, -0.15) is 0 Å². The van der Waals surface area contributed by atoms with Crippen molar-refractivity contribution in [3.05, 3.63) is 69.5 Å². The number of sulfonamides is 1. The molecule has 0 saturated heterocycles. The molecule has 9 heteroatoms. The van der Waals surface area contributed by atoms with Gasteiger partial charge < -0.3 is 5.11 Å². The Labute approximate surface area is 196 Å². The van der Waals surface area contributed by atoms with Crippen molar-refractivity contribution in [1.82, 2.24) is 4.98 Å². The summed E-state index contributed by atoms with van der Waals surface area (Å²) in [5.41, 5.74) is 4.22. The van der Waals surface area contributed by atoms with Crippen LogP contribution in [0.25, 0.3) is 22.3 Å². The molecule has 2 aromatic carbocycles. The maximum absolute atomic E-state index is 15.2. The summed E-state index contributed by atoms with van der Waals surface area (Å²) in [5.74, 6) is -2.48. The third-order valence-corrected chi connectivity index (χ3v) is 7.44. The Balaban J connectivity index is 2.25. The van der Waals surface area contributed by atoms with Crippen molar-refractivity contribution in [1.29, 1.82) is 0 Å². The molecular weight excluding hydrogens is 462 g/mol. The number of hydrogen-bond acceptors (Lipinski definition) is 4. The van der Waals surface area contributed by atoms with Crippen LogP contribution in [0.15, 0.2) is 24.3 Å². The number of aromatic nitrogens is 1. The third-order valence-electron chi connectivity index (χ3n) is 6.33. The summed E-state index contributed by atoms with van der Waals surface area (Å²) in [6.45, 7) is 6.54. The number of carboxylic acids is 1. The predicted molar refractivity (Wildman–Crippen MR) is 126 cm³/mol. The average molecular weight is 487 g/mol. The zero-order valence-corrected chi connectivity index (χ0v) is 20.3. The highest BCUT2D eigenvalue weighted by Gasteiger charge is 2.36. The van der Waals surface area contributed by atoms with Crippen LogP contribution in [0.3, 0.4) is 0 Å². The Morgan fingerprint density at radius 3 is 2.24 bits per heavy atom. The maximum atomic E-state index is 15.2. The molecule has 0 atom stereocenters. The minimum absolute atomic E-state index is 0.00338. The van der Waals surface area contributed by atoms with Gasteiger partial charge in [-0.25, -0.2) is 17.2 Å². The van der Waals surface area contributed by atoms with Crippen molar-refractivity contribution >= 4 is 21.7 Å². The van der Waals surface area contributed by atoms with Crippen molar-refractivity contribution in [2.75, 3.05) is 10.6 Å². The van der Waals surface area contributed by atoms with E-state index in [1.807, 2.05) is 13.0 Å². The van der Waals surface area contributed by atoms with Gasteiger partial charge in [-0.05, 0) is 68.1 Å². The summed E-state index contributed by atoms with van der Waals surface area (Å²) >= 11 is 0. The molecule has 1 aromatic heterocycles. The van der Waals surface area contributed by atoms with Gasteiger partial charge in [0.05, 0.1) is 24.9 Å². The largest absolute Gasteiger partial charge is 0.481 e.